The van der Waals surface area contributed by atoms with Gasteiger partial charge >= 0.3 is 0 Å². The van der Waals surface area contributed by atoms with Gasteiger partial charge in [-0.05, 0) is 0 Å². The van der Waals surface area contributed by atoms with Gasteiger partial charge in [-0.15, -0.1) is 11.6 Å². The molecule has 2 amide bonds. The van der Waals surface area contributed by atoms with E-state index in [0.29, 0.717) is 32.1 Å². The van der Waals surface area contributed by atoms with Crippen molar-refractivity contribution in [3.8, 4) is 0 Å². The smallest absolute Gasteiger partial charge is 0.226 e. The summed E-state index contributed by atoms with van der Waals surface area (Å²) in [7, 11) is 0. The van der Waals surface area contributed by atoms with Crippen LogP contribution in [0.15, 0.2) is 0 Å². The second kappa shape index (κ2) is 6.24. The molecule has 17 heavy (non-hydrogen) atoms. The molecule has 1 atom stereocenters. The molecule has 1 rings (SSSR count). The van der Waals surface area contributed by atoms with Crippen LogP contribution in [0.5, 0.6) is 0 Å². The molecule has 0 aromatic rings. The molecule has 0 bridgehead atoms. The van der Waals surface area contributed by atoms with Crippen LogP contribution < -0.4 is 0 Å². The topological polar surface area (TPSA) is 40.6 Å². The van der Waals surface area contributed by atoms with Crippen molar-refractivity contribution in [2.24, 2.45) is 11.8 Å². The summed E-state index contributed by atoms with van der Waals surface area (Å²) in [5.74, 6) is 0.506. The molecule has 1 fully saturated rings. The maximum atomic E-state index is 11.9. The zero-order chi connectivity index (χ0) is 13.0. The van der Waals surface area contributed by atoms with Crippen molar-refractivity contribution < 1.29 is 9.59 Å². The summed E-state index contributed by atoms with van der Waals surface area (Å²) < 4.78 is 0. The molecule has 0 radical (unpaired) electrons. The normalized spacial score (nSPS) is 18.4. The van der Waals surface area contributed by atoms with Crippen LogP contribution >= 0.6 is 11.6 Å². The predicted molar refractivity (Wildman–Crippen MR) is 67.9 cm³/mol. The minimum Gasteiger partial charge on any atom is -0.339 e. The van der Waals surface area contributed by atoms with E-state index in [4.69, 9.17) is 11.6 Å². The van der Waals surface area contributed by atoms with Gasteiger partial charge in [0.1, 0.15) is 0 Å². The van der Waals surface area contributed by atoms with Gasteiger partial charge in [-0.2, -0.15) is 0 Å². The van der Waals surface area contributed by atoms with Gasteiger partial charge in [0.15, 0.2) is 0 Å². The second-order valence-electron chi connectivity index (χ2n) is 4.86. The summed E-state index contributed by atoms with van der Waals surface area (Å²) in [5.41, 5.74) is 0. The lowest BCUT2D eigenvalue weighted by molar-refractivity contribution is -0.142. The van der Waals surface area contributed by atoms with Crippen LogP contribution in [0, 0.1) is 11.8 Å². The molecule has 1 unspecified atom stereocenters. The first-order valence-corrected chi connectivity index (χ1v) is 6.64. The molecule has 0 aromatic carbocycles. The molecule has 1 heterocycles. The molecule has 4 nitrogen and oxygen atoms in total. The quantitative estimate of drug-likeness (QED) is 0.716. The molecular weight excluding hydrogens is 240 g/mol. The maximum absolute atomic E-state index is 11.9. The molecule has 0 spiro atoms. The van der Waals surface area contributed by atoms with Crippen LogP contribution in [-0.4, -0.2) is 53.7 Å². The van der Waals surface area contributed by atoms with Crippen LogP contribution in [0.25, 0.3) is 0 Å². The van der Waals surface area contributed by atoms with Crippen LogP contribution in [-0.2, 0) is 9.59 Å². The van der Waals surface area contributed by atoms with Crippen LogP contribution in [0.4, 0.5) is 0 Å². The highest BCUT2D eigenvalue weighted by Crippen LogP contribution is 2.11. The third kappa shape index (κ3) is 3.60. The van der Waals surface area contributed by atoms with Crippen molar-refractivity contribution in [3.05, 3.63) is 0 Å². The minimum atomic E-state index is -0.135. The number of rotatable bonds is 3. The molecule has 1 aliphatic heterocycles. The number of hydrogen-bond donors (Lipinski definition) is 0. The van der Waals surface area contributed by atoms with Gasteiger partial charge in [0.2, 0.25) is 11.8 Å². The molecule has 0 saturated carbocycles. The van der Waals surface area contributed by atoms with Crippen molar-refractivity contribution in [1.82, 2.24) is 9.80 Å². The Hall–Kier alpha value is -0.770. The van der Waals surface area contributed by atoms with Crippen LogP contribution in [0.3, 0.4) is 0 Å². The van der Waals surface area contributed by atoms with E-state index >= 15 is 0 Å². The predicted octanol–water partition coefficient (Wildman–Crippen LogP) is 1.19. The molecule has 0 N–H and O–H groups in total. The van der Waals surface area contributed by atoms with E-state index in [-0.39, 0.29) is 23.7 Å². The van der Waals surface area contributed by atoms with E-state index in [9.17, 15) is 9.59 Å². The molecule has 5 heteroatoms. The first-order chi connectivity index (χ1) is 7.97. The SMILES string of the molecule is CC(C)C(=O)N1CCN(C(=O)C(C)CCl)CC1. The Labute approximate surface area is 108 Å². The Morgan fingerprint density at radius 1 is 1.00 bits per heavy atom. The number of halogens is 1. The minimum absolute atomic E-state index is 0.0269. The standard InChI is InChI=1S/C12H21ClN2O2/c1-9(2)11(16)14-4-6-15(7-5-14)12(17)10(3)8-13/h9-10H,4-8H2,1-3H3. The highest BCUT2D eigenvalue weighted by atomic mass is 35.5. The third-order valence-corrected chi connectivity index (χ3v) is 3.51. The Kier molecular flexibility index (Phi) is 5.25. The number of hydrogen-bond acceptors (Lipinski definition) is 2. The summed E-state index contributed by atoms with van der Waals surface area (Å²) in [5, 5.41) is 0. The van der Waals surface area contributed by atoms with E-state index in [0.717, 1.165) is 0 Å². The number of piperazine rings is 1. The summed E-state index contributed by atoms with van der Waals surface area (Å²) in [6.45, 7) is 8.15. The number of amides is 2. The average molecular weight is 261 g/mol. The van der Waals surface area contributed by atoms with Crippen molar-refractivity contribution in [2.75, 3.05) is 32.1 Å². The molecule has 98 valence electrons. The molecule has 1 aliphatic rings. The van der Waals surface area contributed by atoms with E-state index in [1.165, 1.54) is 0 Å². The molecule has 0 aromatic heterocycles. The number of nitrogens with zero attached hydrogens (tertiary/aromatic N) is 2. The summed E-state index contributed by atoms with van der Waals surface area (Å²) in [6.07, 6.45) is 0. The summed E-state index contributed by atoms with van der Waals surface area (Å²) in [6, 6.07) is 0. The van der Waals surface area contributed by atoms with Crippen molar-refractivity contribution in [3.63, 3.8) is 0 Å². The zero-order valence-electron chi connectivity index (χ0n) is 10.8. The van der Waals surface area contributed by atoms with Crippen molar-refractivity contribution in [2.45, 2.75) is 20.8 Å². The molecule has 1 saturated heterocycles. The lowest BCUT2D eigenvalue weighted by Gasteiger charge is -2.36. The highest BCUT2D eigenvalue weighted by molar-refractivity contribution is 6.19. The number of alkyl halides is 1. The van der Waals surface area contributed by atoms with E-state index < -0.39 is 0 Å². The fourth-order valence-corrected chi connectivity index (χ4v) is 2.02. The fraction of sp³-hybridized carbons (Fsp3) is 0.833. The summed E-state index contributed by atoms with van der Waals surface area (Å²) >= 11 is 5.67. The lowest BCUT2D eigenvalue weighted by atomic mass is 10.1. The molecule has 0 aliphatic carbocycles. The van der Waals surface area contributed by atoms with Gasteiger partial charge < -0.3 is 9.80 Å². The van der Waals surface area contributed by atoms with Gasteiger partial charge in [-0.3, -0.25) is 9.59 Å². The Bertz CT molecular complexity index is 286. The Morgan fingerprint density at radius 3 is 1.76 bits per heavy atom. The third-order valence-electron chi connectivity index (χ3n) is 3.05. The number of carbonyl (C=O) groups is 2. The fourth-order valence-electron chi connectivity index (χ4n) is 1.89. The lowest BCUT2D eigenvalue weighted by Crippen LogP contribution is -2.52. The Balaban J connectivity index is 2.46. The van der Waals surface area contributed by atoms with E-state index in [1.807, 2.05) is 25.7 Å². The first-order valence-electron chi connectivity index (χ1n) is 6.11. The van der Waals surface area contributed by atoms with Gasteiger partial charge in [0, 0.05) is 43.9 Å². The largest absolute Gasteiger partial charge is 0.339 e. The van der Waals surface area contributed by atoms with Crippen LogP contribution in [0.2, 0.25) is 0 Å². The van der Waals surface area contributed by atoms with Gasteiger partial charge in [0.25, 0.3) is 0 Å². The monoisotopic (exact) mass is 260 g/mol. The first kappa shape index (κ1) is 14.3. The van der Waals surface area contributed by atoms with E-state index in [2.05, 4.69) is 0 Å². The second-order valence-corrected chi connectivity index (χ2v) is 5.17. The summed E-state index contributed by atoms with van der Waals surface area (Å²) in [4.78, 5) is 27.3. The van der Waals surface area contributed by atoms with Gasteiger partial charge in [0.05, 0.1) is 0 Å². The zero-order valence-corrected chi connectivity index (χ0v) is 11.5. The Morgan fingerprint density at radius 2 is 1.41 bits per heavy atom. The van der Waals surface area contributed by atoms with Crippen molar-refractivity contribution >= 4 is 23.4 Å². The van der Waals surface area contributed by atoms with Gasteiger partial charge in [-0.1, -0.05) is 20.8 Å². The van der Waals surface area contributed by atoms with E-state index in [1.54, 1.807) is 4.90 Å². The number of carbonyl (C=O) groups excluding carboxylic acids is 2. The maximum Gasteiger partial charge on any atom is 0.226 e. The van der Waals surface area contributed by atoms with Crippen molar-refractivity contribution in [1.29, 1.82) is 0 Å². The van der Waals surface area contributed by atoms with Crippen LogP contribution in [0.1, 0.15) is 20.8 Å². The molecular formula is C12H21ClN2O2. The van der Waals surface area contributed by atoms with Gasteiger partial charge in [-0.25, -0.2) is 0 Å². The average Bonchev–Trinajstić information content (AvgIpc) is 2.36. The highest BCUT2D eigenvalue weighted by Gasteiger charge is 2.27.